The molecule has 0 spiro atoms. The van der Waals surface area contributed by atoms with Crippen molar-refractivity contribution in [3.05, 3.63) is 72.1 Å². The molecule has 1 aromatic heterocycles. The van der Waals surface area contributed by atoms with Gasteiger partial charge in [0.2, 0.25) is 0 Å². The van der Waals surface area contributed by atoms with Crippen molar-refractivity contribution in [3.63, 3.8) is 0 Å². The molecule has 1 fully saturated rings. The third-order valence-corrected chi connectivity index (χ3v) is 5.19. The van der Waals surface area contributed by atoms with Gasteiger partial charge in [0.15, 0.2) is 0 Å². The molecule has 0 N–H and O–H groups in total. The second kappa shape index (κ2) is 7.84. The van der Waals surface area contributed by atoms with Crippen molar-refractivity contribution in [3.8, 4) is 17.2 Å². The zero-order valence-electron chi connectivity index (χ0n) is 15.8. The van der Waals surface area contributed by atoms with E-state index in [1.165, 1.54) is 12.0 Å². The van der Waals surface area contributed by atoms with Crippen LogP contribution in [0.5, 0.6) is 11.5 Å². The Morgan fingerprint density at radius 2 is 1.89 bits per heavy atom. The highest BCUT2D eigenvalue weighted by molar-refractivity contribution is 5.42. The van der Waals surface area contributed by atoms with Gasteiger partial charge in [0.05, 0.1) is 25.6 Å². The normalized spacial score (nSPS) is 17.2. The third kappa shape index (κ3) is 3.69. The van der Waals surface area contributed by atoms with Crippen LogP contribution in [0, 0.1) is 0 Å². The fourth-order valence-corrected chi connectivity index (χ4v) is 3.85. The van der Waals surface area contributed by atoms with E-state index in [2.05, 4.69) is 29.2 Å². The first-order valence-electron chi connectivity index (χ1n) is 9.34. The number of methoxy groups -OCH3 is 2. The maximum atomic E-state index is 5.62. The molecular weight excluding hydrogens is 338 g/mol. The summed E-state index contributed by atoms with van der Waals surface area (Å²) in [6, 6.07) is 18.7. The van der Waals surface area contributed by atoms with Gasteiger partial charge in [-0.15, -0.1) is 0 Å². The van der Waals surface area contributed by atoms with Gasteiger partial charge >= 0.3 is 0 Å². The smallest absolute Gasteiger partial charge is 0.123 e. The number of rotatable bonds is 6. The van der Waals surface area contributed by atoms with E-state index in [0.717, 1.165) is 42.4 Å². The van der Waals surface area contributed by atoms with Crippen molar-refractivity contribution >= 4 is 0 Å². The summed E-state index contributed by atoms with van der Waals surface area (Å²) in [6.45, 7) is 1.88. The number of hydrogen-bond acceptors (Lipinski definition) is 4. The molecule has 1 aliphatic rings. The van der Waals surface area contributed by atoms with Gasteiger partial charge in [-0.2, -0.15) is 5.10 Å². The second-order valence-corrected chi connectivity index (χ2v) is 6.82. The van der Waals surface area contributed by atoms with Crippen molar-refractivity contribution in [1.82, 2.24) is 14.7 Å². The van der Waals surface area contributed by atoms with Gasteiger partial charge in [-0.05, 0) is 55.8 Å². The number of para-hydroxylation sites is 1. The standard InChI is InChI=1S/C22H25N3O2/c1-26-19-10-11-22(27-2)20(15-19)21-9-6-13-24(21)16-17-12-14-25(23-17)18-7-4-3-5-8-18/h3-5,7-8,10-12,14-15,21H,6,9,13,16H2,1-2H3/t21-/m0/s1. The molecule has 140 valence electrons. The third-order valence-electron chi connectivity index (χ3n) is 5.19. The highest BCUT2D eigenvalue weighted by Gasteiger charge is 2.29. The monoisotopic (exact) mass is 363 g/mol. The molecule has 5 nitrogen and oxygen atoms in total. The molecule has 4 rings (SSSR count). The minimum atomic E-state index is 0.317. The Morgan fingerprint density at radius 1 is 1.04 bits per heavy atom. The van der Waals surface area contributed by atoms with Gasteiger partial charge in [-0.3, -0.25) is 4.90 Å². The molecule has 1 aliphatic heterocycles. The van der Waals surface area contributed by atoms with Crippen LogP contribution >= 0.6 is 0 Å². The molecule has 0 aliphatic carbocycles. The van der Waals surface area contributed by atoms with Crippen LogP contribution in [0.4, 0.5) is 0 Å². The molecule has 0 unspecified atom stereocenters. The summed E-state index contributed by atoms with van der Waals surface area (Å²) in [5.74, 6) is 1.79. The van der Waals surface area contributed by atoms with Crippen LogP contribution in [0.3, 0.4) is 0 Å². The van der Waals surface area contributed by atoms with E-state index in [1.54, 1.807) is 14.2 Å². The SMILES string of the molecule is COc1ccc(OC)c([C@@H]2CCCN2Cc2ccn(-c3ccccc3)n2)c1. The molecule has 2 heterocycles. The first kappa shape index (κ1) is 17.6. The lowest BCUT2D eigenvalue weighted by Crippen LogP contribution is -2.23. The fraction of sp³-hybridized carbons (Fsp3) is 0.318. The first-order valence-corrected chi connectivity index (χ1v) is 9.34. The summed E-state index contributed by atoms with van der Waals surface area (Å²) < 4.78 is 13.0. The Labute approximate surface area is 160 Å². The number of benzene rings is 2. The first-order chi connectivity index (χ1) is 13.3. The Kier molecular flexibility index (Phi) is 5.12. The van der Waals surface area contributed by atoms with Gasteiger partial charge in [-0.1, -0.05) is 18.2 Å². The minimum absolute atomic E-state index is 0.317. The van der Waals surface area contributed by atoms with E-state index in [9.17, 15) is 0 Å². The minimum Gasteiger partial charge on any atom is -0.497 e. The van der Waals surface area contributed by atoms with E-state index in [1.807, 2.05) is 41.2 Å². The zero-order chi connectivity index (χ0) is 18.6. The summed E-state index contributed by atoms with van der Waals surface area (Å²) in [6.07, 6.45) is 4.31. The predicted molar refractivity (Wildman–Crippen MR) is 105 cm³/mol. The van der Waals surface area contributed by atoms with Crippen molar-refractivity contribution in [2.24, 2.45) is 0 Å². The van der Waals surface area contributed by atoms with E-state index < -0.39 is 0 Å². The van der Waals surface area contributed by atoms with Gasteiger partial charge < -0.3 is 9.47 Å². The second-order valence-electron chi connectivity index (χ2n) is 6.82. The van der Waals surface area contributed by atoms with E-state index in [0.29, 0.717) is 6.04 Å². The summed E-state index contributed by atoms with van der Waals surface area (Å²) in [4.78, 5) is 2.48. The number of aromatic nitrogens is 2. The summed E-state index contributed by atoms with van der Waals surface area (Å²) >= 11 is 0. The lowest BCUT2D eigenvalue weighted by atomic mass is 10.0. The van der Waals surface area contributed by atoms with Crippen LogP contribution in [0.2, 0.25) is 0 Å². The highest BCUT2D eigenvalue weighted by atomic mass is 16.5. The van der Waals surface area contributed by atoms with Crippen LogP contribution in [0.25, 0.3) is 5.69 Å². The molecule has 5 heteroatoms. The molecule has 1 saturated heterocycles. The topological polar surface area (TPSA) is 39.5 Å². The highest BCUT2D eigenvalue weighted by Crippen LogP contribution is 2.39. The molecule has 2 aromatic carbocycles. The van der Waals surface area contributed by atoms with Crippen molar-refractivity contribution in [2.75, 3.05) is 20.8 Å². The lowest BCUT2D eigenvalue weighted by Gasteiger charge is -2.25. The number of ether oxygens (including phenoxy) is 2. The Bertz CT molecular complexity index is 892. The Hall–Kier alpha value is -2.79. The van der Waals surface area contributed by atoms with Crippen LogP contribution in [0.1, 0.15) is 30.1 Å². The van der Waals surface area contributed by atoms with Gasteiger partial charge in [-0.25, -0.2) is 4.68 Å². The molecule has 0 amide bonds. The van der Waals surface area contributed by atoms with Gasteiger partial charge in [0.1, 0.15) is 11.5 Å². The molecule has 0 bridgehead atoms. The van der Waals surface area contributed by atoms with E-state index in [4.69, 9.17) is 14.6 Å². The van der Waals surface area contributed by atoms with Gasteiger partial charge in [0, 0.05) is 24.3 Å². The largest absolute Gasteiger partial charge is 0.497 e. The summed E-state index contributed by atoms with van der Waals surface area (Å²) in [5.41, 5.74) is 3.35. The molecule has 0 saturated carbocycles. The van der Waals surface area contributed by atoms with Crippen LogP contribution in [-0.2, 0) is 6.54 Å². The van der Waals surface area contributed by atoms with Gasteiger partial charge in [0.25, 0.3) is 0 Å². The zero-order valence-corrected chi connectivity index (χ0v) is 15.8. The summed E-state index contributed by atoms with van der Waals surface area (Å²) in [5, 5.41) is 4.77. The molecule has 3 aromatic rings. The predicted octanol–water partition coefficient (Wildman–Crippen LogP) is 4.23. The molecule has 1 atom stereocenters. The maximum absolute atomic E-state index is 5.62. The lowest BCUT2D eigenvalue weighted by molar-refractivity contribution is 0.239. The molecular formula is C22H25N3O2. The van der Waals surface area contributed by atoms with Crippen molar-refractivity contribution in [1.29, 1.82) is 0 Å². The Balaban J connectivity index is 1.55. The maximum Gasteiger partial charge on any atom is 0.123 e. The fourth-order valence-electron chi connectivity index (χ4n) is 3.85. The quantitative estimate of drug-likeness (QED) is 0.657. The number of likely N-dealkylation sites (tertiary alicyclic amines) is 1. The Morgan fingerprint density at radius 3 is 2.67 bits per heavy atom. The van der Waals surface area contributed by atoms with Crippen LogP contribution in [-0.4, -0.2) is 35.4 Å². The average Bonchev–Trinajstić information content (AvgIpc) is 3.38. The number of nitrogens with zero attached hydrogens (tertiary/aromatic N) is 3. The van der Waals surface area contributed by atoms with Crippen LogP contribution in [0.15, 0.2) is 60.8 Å². The van der Waals surface area contributed by atoms with Crippen LogP contribution < -0.4 is 9.47 Å². The molecule has 0 radical (unpaired) electrons. The molecule has 27 heavy (non-hydrogen) atoms. The summed E-state index contributed by atoms with van der Waals surface area (Å²) in [7, 11) is 3.43. The van der Waals surface area contributed by atoms with Crippen molar-refractivity contribution in [2.45, 2.75) is 25.4 Å². The average molecular weight is 363 g/mol. The van der Waals surface area contributed by atoms with E-state index in [-0.39, 0.29) is 0 Å². The van der Waals surface area contributed by atoms with Crippen molar-refractivity contribution < 1.29 is 9.47 Å². The van der Waals surface area contributed by atoms with E-state index >= 15 is 0 Å². The number of hydrogen-bond donors (Lipinski definition) is 0.